The summed E-state index contributed by atoms with van der Waals surface area (Å²) < 4.78 is 0. The van der Waals surface area contributed by atoms with Crippen LogP contribution in [0.3, 0.4) is 0 Å². The summed E-state index contributed by atoms with van der Waals surface area (Å²) in [6, 6.07) is 1.96. The minimum Gasteiger partial charge on any atom is -0.293 e. The molecule has 1 aromatic heterocycles. The average Bonchev–Trinajstić information content (AvgIpc) is 2.37. The van der Waals surface area contributed by atoms with Gasteiger partial charge < -0.3 is 0 Å². The zero-order chi connectivity index (χ0) is 6.69. The Balaban J connectivity index is 0.000000810. The van der Waals surface area contributed by atoms with Crippen molar-refractivity contribution in [3.05, 3.63) is 22.4 Å². The second kappa shape index (κ2) is 5.15. The quantitative estimate of drug-likeness (QED) is 0.478. The third-order valence-corrected chi connectivity index (χ3v) is 2.31. The number of thiophene rings is 1. The first-order chi connectivity index (χ1) is 4.34. The molecule has 0 radical (unpaired) electrons. The van der Waals surface area contributed by atoms with Crippen LogP contribution in [0.25, 0.3) is 0 Å². The van der Waals surface area contributed by atoms with Crippen LogP contribution in [0.4, 0.5) is 0 Å². The van der Waals surface area contributed by atoms with E-state index in [1.165, 1.54) is 11.8 Å². The highest BCUT2D eigenvalue weighted by Gasteiger charge is 1.96. The van der Waals surface area contributed by atoms with E-state index in [2.05, 4.69) is 0 Å². The van der Waals surface area contributed by atoms with Crippen LogP contribution < -0.4 is 0 Å². The van der Waals surface area contributed by atoms with Crippen LogP contribution in [0.15, 0.2) is 16.8 Å². The Morgan fingerprint density at radius 1 is 1.70 bits per heavy atom. The van der Waals surface area contributed by atoms with Crippen molar-refractivity contribution in [3.63, 3.8) is 0 Å². The molecule has 0 bridgehead atoms. The zero-order valence-corrected chi connectivity index (χ0v) is 9.42. The molecule has 0 saturated carbocycles. The summed E-state index contributed by atoms with van der Waals surface area (Å²) >= 11 is 3.10. The zero-order valence-electron chi connectivity index (χ0n) is 5.46. The number of hydrogen-bond donors (Lipinski definition) is 1. The van der Waals surface area contributed by atoms with E-state index in [9.17, 15) is 0 Å². The molecule has 0 fully saturated rings. The molecule has 0 aliphatic heterocycles. The lowest BCUT2D eigenvalue weighted by Gasteiger charge is -1.91. The van der Waals surface area contributed by atoms with Crippen molar-refractivity contribution in [3.8, 4) is 0 Å². The minimum atomic E-state index is 0. The number of halogens is 1. The van der Waals surface area contributed by atoms with Gasteiger partial charge in [-0.1, -0.05) is 0 Å². The van der Waals surface area contributed by atoms with E-state index in [0.29, 0.717) is 5.04 Å². The van der Waals surface area contributed by atoms with Gasteiger partial charge in [-0.25, -0.2) is 0 Å². The molecular weight excluding hydrogens is 277 g/mol. The molecule has 0 amide bonds. The summed E-state index contributed by atoms with van der Waals surface area (Å²) in [5.74, 6) is 0. The van der Waals surface area contributed by atoms with Gasteiger partial charge in [-0.3, -0.25) is 5.41 Å². The van der Waals surface area contributed by atoms with Crippen LogP contribution in [0.1, 0.15) is 5.56 Å². The van der Waals surface area contributed by atoms with Gasteiger partial charge in [0.1, 0.15) is 0 Å². The van der Waals surface area contributed by atoms with E-state index in [4.69, 9.17) is 5.41 Å². The maximum absolute atomic E-state index is 7.36. The summed E-state index contributed by atoms with van der Waals surface area (Å²) in [6.45, 7) is 0. The molecule has 1 rings (SSSR count). The molecule has 0 unspecified atom stereocenters. The SMILES string of the molecule is CSC(=N)c1ccsc1.I. The molecule has 4 heteroatoms. The van der Waals surface area contributed by atoms with Crippen molar-refractivity contribution in [1.82, 2.24) is 0 Å². The van der Waals surface area contributed by atoms with Crippen molar-refractivity contribution >= 4 is 52.1 Å². The predicted octanol–water partition coefficient (Wildman–Crippen LogP) is 3.05. The van der Waals surface area contributed by atoms with Gasteiger partial charge in [-0.2, -0.15) is 11.3 Å². The van der Waals surface area contributed by atoms with Crippen molar-refractivity contribution in [1.29, 1.82) is 5.41 Å². The largest absolute Gasteiger partial charge is 0.293 e. The fraction of sp³-hybridized carbons (Fsp3) is 0.167. The molecular formula is C6H8INS2. The Labute approximate surface area is 85.8 Å². The lowest BCUT2D eigenvalue weighted by molar-refractivity contribution is 1.55. The fourth-order valence-corrected chi connectivity index (χ4v) is 1.60. The third kappa shape index (κ3) is 2.59. The van der Waals surface area contributed by atoms with Crippen molar-refractivity contribution < 1.29 is 0 Å². The summed E-state index contributed by atoms with van der Waals surface area (Å²) in [7, 11) is 0. The smallest absolute Gasteiger partial charge is 0.0948 e. The summed E-state index contributed by atoms with van der Waals surface area (Å²) in [4.78, 5) is 0. The normalized spacial score (nSPS) is 8.50. The Kier molecular flexibility index (Phi) is 5.38. The standard InChI is InChI=1S/C6H7NS2.HI/c1-8-6(7)5-2-3-9-4-5;/h2-4,7H,1H3;1H. The number of hydrogen-bond acceptors (Lipinski definition) is 3. The molecule has 0 spiro atoms. The second-order valence-corrected chi connectivity index (χ2v) is 3.14. The van der Waals surface area contributed by atoms with Crippen LogP contribution in [0.5, 0.6) is 0 Å². The minimum absolute atomic E-state index is 0. The van der Waals surface area contributed by atoms with Crippen molar-refractivity contribution in [2.45, 2.75) is 0 Å². The molecule has 0 aliphatic rings. The fourth-order valence-electron chi connectivity index (χ4n) is 0.512. The molecule has 1 N–H and O–H groups in total. The molecule has 0 saturated heterocycles. The maximum atomic E-state index is 7.36. The van der Waals surface area contributed by atoms with Gasteiger partial charge >= 0.3 is 0 Å². The van der Waals surface area contributed by atoms with Gasteiger partial charge in [0.05, 0.1) is 5.04 Å². The van der Waals surface area contributed by atoms with Gasteiger partial charge in [-0.15, -0.1) is 35.7 Å². The number of thioether (sulfide) groups is 1. The van der Waals surface area contributed by atoms with E-state index >= 15 is 0 Å². The summed E-state index contributed by atoms with van der Waals surface area (Å²) in [5, 5.41) is 12.0. The lowest BCUT2D eigenvalue weighted by Crippen LogP contribution is -1.86. The van der Waals surface area contributed by atoms with Crippen LogP contribution in [0.2, 0.25) is 0 Å². The van der Waals surface area contributed by atoms with E-state index < -0.39 is 0 Å². The predicted molar refractivity (Wildman–Crippen MR) is 60.1 cm³/mol. The Bertz CT molecular complexity index is 196. The van der Waals surface area contributed by atoms with Gasteiger partial charge in [0.2, 0.25) is 0 Å². The van der Waals surface area contributed by atoms with Crippen LogP contribution >= 0.6 is 47.1 Å². The van der Waals surface area contributed by atoms with Crippen LogP contribution in [-0.2, 0) is 0 Å². The highest BCUT2D eigenvalue weighted by atomic mass is 127. The molecule has 0 aromatic carbocycles. The highest BCUT2D eigenvalue weighted by Crippen LogP contribution is 2.11. The van der Waals surface area contributed by atoms with Gasteiger partial charge in [-0.05, 0) is 17.7 Å². The van der Waals surface area contributed by atoms with Crippen LogP contribution in [-0.4, -0.2) is 11.3 Å². The molecule has 0 aliphatic carbocycles. The Morgan fingerprint density at radius 2 is 2.40 bits per heavy atom. The number of nitrogens with one attached hydrogen (secondary N) is 1. The van der Waals surface area contributed by atoms with Gasteiger partial charge in [0.15, 0.2) is 0 Å². The molecule has 1 aromatic rings. The van der Waals surface area contributed by atoms with E-state index in [1.54, 1.807) is 11.3 Å². The van der Waals surface area contributed by atoms with Crippen molar-refractivity contribution in [2.75, 3.05) is 6.26 Å². The first kappa shape index (κ1) is 10.4. The molecule has 56 valence electrons. The van der Waals surface area contributed by atoms with Crippen LogP contribution in [0, 0.1) is 5.41 Å². The van der Waals surface area contributed by atoms with Crippen molar-refractivity contribution in [2.24, 2.45) is 0 Å². The Morgan fingerprint density at radius 3 is 2.80 bits per heavy atom. The van der Waals surface area contributed by atoms with E-state index in [-0.39, 0.29) is 24.0 Å². The molecule has 0 atom stereocenters. The van der Waals surface area contributed by atoms with Gasteiger partial charge in [0.25, 0.3) is 0 Å². The second-order valence-electron chi connectivity index (χ2n) is 1.55. The van der Waals surface area contributed by atoms with Gasteiger partial charge in [0, 0.05) is 10.9 Å². The molecule has 1 nitrogen and oxygen atoms in total. The number of rotatable bonds is 1. The van der Waals surface area contributed by atoms with E-state index in [1.807, 2.05) is 23.1 Å². The maximum Gasteiger partial charge on any atom is 0.0948 e. The van der Waals surface area contributed by atoms with E-state index in [0.717, 1.165) is 5.56 Å². The highest BCUT2D eigenvalue weighted by molar-refractivity contribution is 14.0. The first-order valence-electron chi connectivity index (χ1n) is 2.49. The first-order valence-corrected chi connectivity index (χ1v) is 4.66. The third-order valence-electron chi connectivity index (χ3n) is 0.987. The average molecular weight is 285 g/mol. The monoisotopic (exact) mass is 285 g/mol. The lowest BCUT2D eigenvalue weighted by atomic mass is 10.4. The molecule has 1 heterocycles. The summed E-state index contributed by atoms with van der Waals surface area (Å²) in [5.41, 5.74) is 1.03. The summed E-state index contributed by atoms with van der Waals surface area (Å²) in [6.07, 6.45) is 1.92. The Hall–Kier alpha value is 0.450. The molecule has 10 heavy (non-hydrogen) atoms. The topological polar surface area (TPSA) is 23.9 Å².